The molecule has 0 aromatic heterocycles. The third-order valence-corrected chi connectivity index (χ3v) is 11.0. The monoisotopic (exact) mass is 717 g/mol. The van der Waals surface area contributed by atoms with E-state index in [1.807, 2.05) is 45.1 Å². The molecular formula is C39H63N3O9. The number of nitrogens with zero attached hydrogens (tertiary/aromatic N) is 3. The van der Waals surface area contributed by atoms with E-state index >= 15 is 0 Å². The average molecular weight is 718 g/mol. The van der Waals surface area contributed by atoms with Gasteiger partial charge in [0.2, 0.25) is 0 Å². The smallest absolute Gasteiger partial charge is 0.410 e. The number of carbonyl (C=O) groups excluding carboxylic acids is 3. The summed E-state index contributed by atoms with van der Waals surface area (Å²) in [5, 5.41) is 31.7. The van der Waals surface area contributed by atoms with E-state index in [2.05, 4.69) is 4.90 Å². The second kappa shape index (κ2) is 19.8. The molecule has 4 aliphatic rings. The van der Waals surface area contributed by atoms with E-state index in [-0.39, 0.29) is 50.4 Å². The minimum absolute atomic E-state index is 0.0735. The molecule has 1 saturated carbocycles. The molecule has 12 heteroatoms. The fourth-order valence-electron chi connectivity index (χ4n) is 7.63. The summed E-state index contributed by atoms with van der Waals surface area (Å²) in [6.45, 7) is 10.7. The number of carbonyl (C=O) groups is 3. The van der Waals surface area contributed by atoms with Gasteiger partial charge in [-0.05, 0) is 64.0 Å². The number of hydrogen-bond donors (Lipinski definition) is 3. The van der Waals surface area contributed by atoms with Crippen LogP contribution in [0.25, 0.3) is 0 Å². The van der Waals surface area contributed by atoms with Crippen molar-refractivity contribution < 1.29 is 43.9 Å². The van der Waals surface area contributed by atoms with Crippen LogP contribution in [0.5, 0.6) is 0 Å². The van der Waals surface area contributed by atoms with Gasteiger partial charge in [0.15, 0.2) is 6.10 Å². The highest BCUT2D eigenvalue weighted by Crippen LogP contribution is 2.28. The molecular weight excluding hydrogens is 654 g/mol. The molecule has 3 heterocycles. The number of amides is 2. The molecule has 0 bridgehead atoms. The van der Waals surface area contributed by atoms with Crippen LogP contribution >= 0.6 is 0 Å². The Morgan fingerprint density at radius 3 is 2.41 bits per heavy atom. The first-order chi connectivity index (χ1) is 24.4. The molecule has 2 saturated heterocycles. The molecule has 12 nitrogen and oxygen atoms in total. The van der Waals surface area contributed by atoms with Crippen LogP contribution in [0.4, 0.5) is 9.59 Å². The number of hydrogen-bond acceptors (Lipinski definition) is 10. The summed E-state index contributed by atoms with van der Waals surface area (Å²) in [6, 6.07) is 0.391. The van der Waals surface area contributed by atoms with Crippen LogP contribution in [-0.4, -0.2) is 130 Å². The van der Waals surface area contributed by atoms with Crippen molar-refractivity contribution in [2.75, 3.05) is 45.9 Å². The lowest BCUT2D eigenvalue weighted by atomic mass is 9.89. The molecule has 0 aromatic carbocycles. The molecule has 0 radical (unpaired) electrons. The van der Waals surface area contributed by atoms with E-state index in [9.17, 15) is 29.7 Å². The lowest BCUT2D eigenvalue weighted by Gasteiger charge is -2.40. The maximum Gasteiger partial charge on any atom is 0.410 e. The summed E-state index contributed by atoms with van der Waals surface area (Å²) in [7, 11) is 0. The molecule has 4 rings (SSSR count). The van der Waals surface area contributed by atoms with Gasteiger partial charge in [-0.25, -0.2) is 9.59 Å². The Morgan fingerprint density at radius 1 is 1.02 bits per heavy atom. The van der Waals surface area contributed by atoms with Gasteiger partial charge < -0.3 is 39.3 Å². The largest absolute Gasteiger partial charge is 0.457 e. The molecule has 3 N–H and O–H groups in total. The quantitative estimate of drug-likeness (QED) is 0.103. The van der Waals surface area contributed by atoms with E-state index in [1.165, 1.54) is 38.5 Å². The highest BCUT2D eigenvalue weighted by Gasteiger charge is 2.37. The van der Waals surface area contributed by atoms with Crippen LogP contribution in [0.1, 0.15) is 98.3 Å². The molecule has 3 aliphatic heterocycles. The van der Waals surface area contributed by atoms with Crippen LogP contribution in [0, 0.1) is 11.8 Å². The molecule has 3 fully saturated rings. The Labute approximate surface area is 304 Å². The van der Waals surface area contributed by atoms with Crippen LogP contribution in [0.2, 0.25) is 0 Å². The molecule has 0 aromatic rings. The molecule has 0 spiro atoms. The Morgan fingerprint density at radius 2 is 1.73 bits per heavy atom. The number of rotatable bonds is 8. The van der Waals surface area contributed by atoms with E-state index in [0.717, 1.165) is 31.5 Å². The summed E-state index contributed by atoms with van der Waals surface area (Å²) in [6.07, 6.45) is 14.7. The Bertz CT molecular complexity index is 1220. The first-order valence-corrected chi connectivity index (χ1v) is 19.2. The summed E-state index contributed by atoms with van der Waals surface area (Å²) in [5.41, 5.74) is -0.726. The standard InChI is InChI=1S/C39H63N3O9/c1-28(27-49-38(47)42-20-10-15-32(42)26-43)11-9-12-29(2)36-30(3)16-17-34(39(4,48)19-18-33(44)25-35(45)51-36)50-37(46)41-23-21-40(22-24-41)31-13-7-5-6-8-14-31/h9,11-12,16-17,28,30-34,36,43-44,48H,5-8,10,13-15,18-27H2,1-4H3/b11-9+,17-16+,29-12+/t28-,30+,32+,33-,34+,36-,39-/m1/s1. The molecule has 2 amide bonds. The second-order valence-corrected chi connectivity index (χ2v) is 15.4. The van der Waals surface area contributed by atoms with Gasteiger partial charge in [0.25, 0.3) is 0 Å². The minimum atomic E-state index is -1.48. The number of ether oxygens (including phenoxy) is 3. The second-order valence-electron chi connectivity index (χ2n) is 15.4. The lowest BCUT2D eigenvalue weighted by molar-refractivity contribution is -0.151. The number of aliphatic hydroxyl groups excluding tert-OH is 2. The zero-order valence-corrected chi connectivity index (χ0v) is 31.3. The van der Waals surface area contributed by atoms with Gasteiger partial charge >= 0.3 is 18.2 Å². The molecule has 7 atom stereocenters. The van der Waals surface area contributed by atoms with Crippen molar-refractivity contribution in [2.45, 2.75) is 134 Å². The molecule has 0 unspecified atom stereocenters. The fraction of sp³-hybridized carbons (Fsp3) is 0.769. The maximum atomic E-state index is 13.4. The van der Waals surface area contributed by atoms with Gasteiger partial charge in [-0.1, -0.05) is 63.8 Å². The average Bonchev–Trinajstić information content (AvgIpc) is 3.43. The lowest BCUT2D eigenvalue weighted by Crippen LogP contribution is -2.53. The topological polar surface area (TPSA) is 149 Å². The third-order valence-electron chi connectivity index (χ3n) is 11.0. The predicted molar refractivity (Wildman–Crippen MR) is 194 cm³/mol. The number of allylic oxidation sites excluding steroid dienone is 2. The van der Waals surface area contributed by atoms with Gasteiger partial charge in [-0.15, -0.1) is 0 Å². The van der Waals surface area contributed by atoms with E-state index in [0.29, 0.717) is 25.7 Å². The van der Waals surface area contributed by atoms with Crippen molar-refractivity contribution in [3.63, 3.8) is 0 Å². The van der Waals surface area contributed by atoms with Crippen LogP contribution in [0.15, 0.2) is 36.0 Å². The molecule has 1 aliphatic carbocycles. The number of likely N-dealkylation sites (tertiary alicyclic amines) is 1. The normalized spacial score (nSPS) is 32.4. The van der Waals surface area contributed by atoms with Gasteiger partial charge in [-0.2, -0.15) is 0 Å². The van der Waals surface area contributed by atoms with Crippen molar-refractivity contribution in [3.05, 3.63) is 36.0 Å². The van der Waals surface area contributed by atoms with Crippen molar-refractivity contribution in [3.8, 4) is 0 Å². The van der Waals surface area contributed by atoms with E-state index in [1.54, 1.807) is 22.8 Å². The first kappa shape index (κ1) is 40.8. The zero-order valence-electron chi connectivity index (χ0n) is 31.3. The van der Waals surface area contributed by atoms with Crippen LogP contribution in [0.3, 0.4) is 0 Å². The van der Waals surface area contributed by atoms with Crippen molar-refractivity contribution >= 4 is 18.2 Å². The van der Waals surface area contributed by atoms with Crippen molar-refractivity contribution in [1.82, 2.24) is 14.7 Å². The number of aliphatic hydroxyl groups is 3. The predicted octanol–water partition coefficient (Wildman–Crippen LogP) is 4.96. The molecule has 288 valence electrons. The summed E-state index contributed by atoms with van der Waals surface area (Å²) in [5.74, 6) is -0.982. The van der Waals surface area contributed by atoms with Crippen LogP contribution in [-0.2, 0) is 19.0 Å². The summed E-state index contributed by atoms with van der Waals surface area (Å²) in [4.78, 5) is 44.6. The Balaban J connectivity index is 1.39. The molecule has 51 heavy (non-hydrogen) atoms. The van der Waals surface area contributed by atoms with E-state index < -0.39 is 42.1 Å². The van der Waals surface area contributed by atoms with Gasteiger partial charge in [-0.3, -0.25) is 9.69 Å². The fourth-order valence-corrected chi connectivity index (χ4v) is 7.63. The zero-order chi connectivity index (χ0) is 37.0. The van der Waals surface area contributed by atoms with Gasteiger partial charge in [0.1, 0.15) is 11.7 Å². The maximum absolute atomic E-state index is 13.4. The SMILES string of the molecule is C/C(=C\C=C\[C@@H](C)COC(=O)N1CCC[C@H]1CO)[C@H]1OC(=O)C[C@H](O)CC[C@@](C)(O)[C@@H](OC(=O)N2CCN(C3CCCCCC3)CC2)/C=C/[C@@H]1C. The summed E-state index contributed by atoms with van der Waals surface area (Å²) < 4.78 is 17.4. The summed E-state index contributed by atoms with van der Waals surface area (Å²) >= 11 is 0. The third kappa shape index (κ3) is 12.3. The highest BCUT2D eigenvalue weighted by atomic mass is 16.6. The highest BCUT2D eigenvalue weighted by molar-refractivity contribution is 5.70. The Hall–Kier alpha value is -2.93. The van der Waals surface area contributed by atoms with Crippen LogP contribution < -0.4 is 0 Å². The van der Waals surface area contributed by atoms with Crippen molar-refractivity contribution in [2.24, 2.45) is 11.8 Å². The van der Waals surface area contributed by atoms with Gasteiger partial charge in [0.05, 0.1) is 31.8 Å². The first-order valence-electron chi connectivity index (χ1n) is 19.2. The van der Waals surface area contributed by atoms with Gasteiger partial charge in [0, 0.05) is 50.6 Å². The van der Waals surface area contributed by atoms with Crippen molar-refractivity contribution in [1.29, 1.82) is 0 Å². The number of esters is 1. The number of cyclic esters (lactones) is 1. The number of piperazine rings is 1. The Kier molecular flexibility index (Phi) is 15.8. The van der Waals surface area contributed by atoms with E-state index in [4.69, 9.17) is 14.2 Å². The minimum Gasteiger partial charge on any atom is -0.457 e.